The molecule has 1 saturated heterocycles. The number of hydrogen-bond acceptors (Lipinski definition) is 3. The summed E-state index contributed by atoms with van der Waals surface area (Å²) in [6, 6.07) is 0.805. The van der Waals surface area contributed by atoms with Crippen molar-refractivity contribution >= 4 is 0 Å². The summed E-state index contributed by atoms with van der Waals surface area (Å²) in [6.45, 7) is 7.95. The van der Waals surface area contributed by atoms with Crippen LogP contribution in [0.4, 0.5) is 0 Å². The van der Waals surface area contributed by atoms with Gasteiger partial charge >= 0.3 is 0 Å². The van der Waals surface area contributed by atoms with E-state index >= 15 is 0 Å². The molecule has 3 atom stereocenters. The Morgan fingerprint density at radius 2 is 2.00 bits per heavy atom. The van der Waals surface area contributed by atoms with Gasteiger partial charge in [0.05, 0.1) is 6.61 Å². The van der Waals surface area contributed by atoms with Crippen molar-refractivity contribution in [1.82, 2.24) is 4.90 Å². The van der Waals surface area contributed by atoms with Gasteiger partial charge in [-0.25, -0.2) is 0 Å². The Bertz CT molecular complexity index is 208. The largest absolute Gasteiger partial charge is 0.395 e. The summed E-state index contributed by atoms with van der Waals surface area (Å²) in [6.07, 6.45) is 6.11. The predicted octanol–water partition coefficient (Wildman–Crippen LogP) is 1.99. The van der Waals surface area contributed by atoms with Crippen LogP contribution in [-0.4, -0.2) is 41.3 Å². The first-order valence-electron chi connectivity index (χ1n) is 7.18. The molecular formula is C14H30N2O. The zero-order chi connectivity index (χ0) is 12.8. The first-order valence-corrected chi connectivity index (χ1v) is 7.18. The fraction of sp³-hybridized carbons (Fsp3) is 1.00. The van der Waals surface area contributed by atoms with E-state index in [2.05, 4.69) is 25.7 Å². The Morgan fingerprint density at radius 1 is 1.29 bits per heavy atom. The first kappa shape index (κ1) is 14.9. The van der Waals surface area contributed by atoms with Crippen LogP contribution < -0.4 is 5.73 Å². The molecule has 3 N–H and O–H groups in total. The summed E-state index contributed by atoms with van der Waals surface area (Å²) < 4.78 is 0. The Balaban J connectivity index is 2.62. The Kier molecular flexibility index (Phi) is 6.45. The molecule has 102 valence electrons. The fourth-order valence-electron chi connectivity index (χ4n) is 2.98. The van der Waals surface area contributed by atoms with Crippen LogP contribution in [0.15, 0.2) is 0 Å². The second-order valence-corrected chi connectivity index (χ2v) is 5.98. The molecule has 1 heterocycles. The van der Waals surface area contributed by atoms with E-state index < -0.39 is 0 Å². The van der Waals surface area contributed by atoms with Gasteiger partial charge in [0.1, 0.15) is 0 Å². The third-order valence-corrected chi connectivity index (χ3v) is 3.96. The van der Waals surface area contributed by atoms with E-state index in [0.29, 0.717) is 12.0 Å². The normalized spacial score (nSPS) is 26.8. The van der Waals surface area contributed by atoms with Gasteiger partial charge in [-0.1, -0.05) is 26.7 Å². The topological polar surface area (TPSA) is 49.5 Å². The smallest absolute Gasteiger partial charge is 0.0602 e. The van der Waals surface area contributed by atoms with Crippen molar-refractivity contribution in [3.05, 3.63) is 0 Å². The van der Waals surface area contributed by atoms with Crippen LogP contribution >= 0.6 is 0 Å². The summed E-state index contributed by atoms with van der Waals surface area (Å²) >= 11 is 0. The van der Waals surface area contributed by atoms with Crippen LogP contribution in [0.2, 0.25) is 0 Å². The fourth-order valence-corrected chi connectivity index (χ4v) is 2.98. The maximum Gasteiger partial charge on any atom is 0.0602 e. The molecule has 0 bridgehead atoms. The molecule has 0 aromatic heterocycles. The first-order chi connectivity index (χ1) is 8.06. The molecule has 0 aliphatic carbocycles. The molecule has 3 unspecified atom stereocenters. The standard InChI is InChI=1S/C14H30N2O/c1-11(2)9-13(15)14(10-17)16-8-6-4-5-7-12(16)3/h11-14,17H,4-10,15H2,1-3H3. The Labute approximate surface area is 106 Å². The summed E-state index contributed by atoms with van der Waals surface area (Å²) in [4.78, 5) is 2.44. The van der Waals surface area contributed by atoms with Gasteiger partial charge in [-0.3, -0.25) is 4.90 Å². The number of aliphatic hydroxyl groups is 1. The molecule has 1 aliphatic rings. The van der Waals surface area contributed by atoms with E-state index in [0.717, 1.165) is 13.0 Å². The van der Waals surface area contributed by atoms with Crippen molar-refractivity contribution < 1.29 is 5.11 Å². The molecule has 0 spiro atoms. The molecule has 0 amide bonds. The Morgan fingerprint density at radius 3 is 2.59 bits per heavy atom. The van der Waals surface area contributed by atoms with Crippen LogP contribution in [0.5, 0.6) is 0 Å². The van der Waals surface area contributed by atoms with Gasteiger partial charge in [0.25, 0.3) is 0 Å². The van der Waals surface area contributed by atoms with Crippen molar-refractivity contribution in [2.75, 3.05) is 13.2 Å². The molecule has 0 saturated carbocycles. The van der Waals surface area contributed by atoms with Crippen molar-refractivity contribution in [3.63, 3.8) is 0 Å². The average Bonchev–Trinajstić information content (AvgIpc) is 2.44. The van der Waals surface area contributed by atoms with Crippen LogP contribution in [0.3, 0.4) is 0 Å². The second-order valence-electron chi connectivity index (χ2n) is 5.98. The van der Waals surface area contributed by atoms with Crippen molar-refractivity contribution in [1.29, 1.82) is 0 Å². The van der Waals surface area contributed by atoms with Gasteiger partial charge in [0, 0.05) is 18.1 Å². The molecule has 1 aliphatic heterocycles. The summed E-state index contributed by atoms with van der Waals surface area (Å²) in [7, 11) is 0. The van der Waals surface area contributed by atoms with E-state index in [9.17, 15) is 5.11 Å². The van der Waals surface area contributed by atoms with Gasteiger partial charge in [0.15, 0.2) is 0 Å². The third kappa shape index (κ3) is 4.57. The highest BCUT2D eigenvalue weighted by molar-refractivity contribution is 4.86. The van der Waals surface area contributed by atoms with Gasteiger partial charge < -0.3 is 10.8 Å². The lowest BCUT2D eigenvalue weighted by Crippen LogP contribution is -2.53. The lowest BCUT2D eigenvalue weighted by atomic mass is 9.96. The minimum Gasteiger partial charge on any atom is -0.395 e. The average molecular weight is 242 g/mol. The molecular weight excluding hydrogens is 212 g/mol. The number of nitrogens with zero attached hydrogens (tertiary/aromatic N) is 1. The van der Waals surface area contributed by atoms with E-state index in [1.165, 1.54) is 25.7 Å². The number of likely N-dealkylation sites (tertiary alicyclic amines) is 1. The predicted molar refractivity (Wildman–Crippen MR) is 72.9 cm³/mol. The van der Waals surface area contributed by atoms with Gasteiger partial charge in [-0.15, -0.1) is 0 Å². The monoisotopic (exact) mass is 242 g/mol. The van der Waals surface area contributed by atoms with Crippen molar-refractivity contribution in [2.24, 2.45) is 11.7 Å². The number of rotatable bonds is 5. The van der Waals surface area contributed by atoms with E-state index in [1.807, 2.05) is 0 Å². The summed E-state index contributed by atoms with van der Waals surface area (Å²) in [5.41, 5.74) is 6.27. The van der Waals surface area contributed by atoms with Crippen LogP contribution in [-0.2, 0) is 0 Å². The number of hydrogen-bond donors (Lipinski definition) is 2. The molecule has 0 aromatic carbocycles. The SMILES string of the molecule is CC(C)CC(N)C(CO)N1CCCCCC1C. The minimum absolute atomic E-state index is 0.0977. The molecule has 0 radical (unpaired) electrons. The van der Waals surface area contributed by atoms with Crippen molar-refractivity contribution in [2.45, 2.75) is 71.0 Å². The molecule has 3 nitrogen and oxygen atoms in total. The lowest BCUT2D eigenvalue weighted by Gasteiger charge is -2.38. The third-order valence-electron chi connectivity index (χ3n) is 3.96. The summed E-state index contributed by atoms with van der Waals surface area (Å²) in [5, 5.41) is 9.65. The van der Waals surface area contributed by atoms with Crippen LogP contribution in [0, 0.1) is 5.92 Å². The molecule has 1 rings (SSSR count). The van der Waals surface area contributed by atoms with Gasteiger partial charge in [0.2, 0.25) is 0 Å². The molecule has 3 heteroatoms. The quantitative estimate of drug-likeness (QED) is 0.775. The number of nitrogens with two attached hydrogens (primary N) is 1. The zero-order valence-electron chi connectivity index (χ0n) is 11.7. The highest BCUT2D eigenvalue weighted by Gasteiger charge is 2.29. The minimum atomic E-state index is 0.0977. The second kappa shape index (κ2) is 7.34. The molecule has 0 aromatic rings. The molecule has 17 heavy (non-hydrogen) atoms. The maximum absolute atomic E-state index is 9.65. The van der Waals surface area contributed by atoms with Crippen LogP contribution in [0.25, 0.3) is 0 Å². The molecule has 1 fully saturated rings. The lowest BCUT2D eigenvalue weighted by molar-refractivity contribution is 0.0700. The van der Waals surface area contributed by atoms with E-state index in [1.54, 1.807) is 0 Å². The van der Waals surface area contributed by atoms with E-state index in [-0.39, 0.29) is 18.7 Å². The highest BCUT2D eigenvalue weighted by Crippen LogP contribution is 2.21. The van der Waals surface area contributed by atoms with Gasteiger partial charge in [-0.05, 0) is 38.6 Å². The Hall–Kier alpha value is -0.120. The van der Waals surface area contributed by atoms with E-state index in [4.69, 9.17) is 5.73 Å². The van der Waals surface area contributed by atoms with Gasteiger partial charge in [-0.2, -0.15) is 0 Å². The zero-order valence-corrected chi connectivity index (χ0v) is 11.7. The summed E-state index contributed by atoms with van der Waals surface area (Å²) in [5.74, 6) is 0.598. The number of aliphatic hydroxyl groups excluding tert-OH is 1. The van der Waals surface area contributed by atoms with Crippen molar-refractivity contribution in [3.8, 4) is 0 Å². The maximum atomic E-state index is 9.65. The highest BCUT2D eigenvalue weighted by atomic mass is 16.3. The van der Waals surface area contributed by atoms with Crippen LogP contribution in [0.1, 0.15) is 52.9 Å².